The highest BCUT2D eigenvalue weighted by Crippen LogP contribution is 2.12. The van der Waals surface area contributed by atoms with Gasteiger partial charge in [-0.3, -0.25) is 4.79 Å². The van der Waals surface area contributed by atoms with E-state index in [4.69, 9.17) is 5.73 Å². The van der Waals surface area contributed by atoms with Crippen LogP contribution in [0.15, 0.2) is 30.3 Å². The van der Waals surface area contributed by atoms with Gasteiger partial charge in [0.1, 0.15) is 0 Å². The Morgan fingerprint density at radius 3 is 2.38 bits per heavy atom. The number of hydrogen-bond acceptors (Lipinski definition) is 2. The molecule has 4 heteroatoms. The van der Waals surface area contributed by atoms with Gasteiger partial charge in [-0.2, -0.15) is 0 Å². The van der Waals surface area contributed by atoms with Crippen LogP contribution < -0.4 is 11.1 Å². The zero-order chi connectivity index (χ0) is 11.3. The van der Waals surface area contributed by atoms with Crippen LogP contribution in [0.1, 0.15) is 31.9 Å². The van der Waals surface area contributed by atoms with Crippen LogP contribution in [0.5, 0.6) is 0 Å². The molecule has 0 heterocycles. The van der Waals surface area contributed by atoms with E-state index in [9.17, 15) is 4.79 Å². The Kier molecular flexibility index (Phi) is 6.77. The Labute approximate surface area is 103 Å². The molecule has 1 rings (SSSR count). The smallest absolute Gasteiger partial charge is 0.222 e. The van der Waals surface area contributed by atoms with E-state index in [0.29, 0.717) is 6.42 Å². The molecule has 0 saturated carbocycles. The molecule has 0 fully saturated rings. The predicted octanol–water partition coefficient (Wildman–Crippen LogP) is 2.02. The monoisotopic (exact) mass is 242 g/mol. The summed E-state index contributed by atoms with van der Waals surface area (Å²) in [4.78, 5) is 11.4. The van der Waals surface area contributed by atoms with Crippen LogP contribution in [-0.4, -0.2) is 11.9 Å². The van der Waals surface area contributed by atoms with Crippen LogP contribution in [0.3, 0.4) is 0 Å². The van der Waals surface area contributed by atoms with Crippen molar-refractivity contribution in [2.75, 3.05) is 0 Å². The number of carbonyl (C=O) groups excluding carboxylic acids is 1. The molecule has 90 valence electrons. The second-order valence-corrected chi connectivity index (χ2v) is 3.94. The Bertz CT molecular complexity index is 314. The van der Waals surface area contributed by atoms with Crippen LogP contribution in [0.4, 0.5) is 0 Å². The summed E-state index contributed by atoms with van der Waals surface area (Å²) in [7, 11) is 0. The van der Waals surface area contributed by atoms with Crippen LogP contribution in [-0.2, 0) is 4.79 Å². The first-order chi connectivity index (χ1) is 7.09. The first kappa shape index (κ1) is 14.9. The molecule has 3 nitrogen and oxygen atoms in total. The fourth-order valence-corrected chi connectivity index (χ4v) is 1.40. The number of carbonyl (C=O) groups is 1. The number of amides is 1. The summed E-state index contributed by atoms with van der Waals surface area (Å²) in [5, 5.41) is 2.82. The lowest BCUT2D eigenvalue weighted by Crippen LogP contribution is -2.32. The van der Waals surface area contributed by atoms with Crippen molar-refractivity contribution in [3.05, 3.63) is 35.9 Å². The lowest BCUT2D eigenvalue weighted by atomic mass is 10.0. The number of halogens is 1. The third-order valence-electron chi connectivity index (χ3n) is 2.08. The van der Waals surface area contributed by atoms with Crippen molar-refractivity contribution >= 4 is 18.3 Å². The van der Waals surface area contributed by atoms with Crippen LogP contribution >= 0.6 is 12.4 Å². The van der Waals surface area contributed by atoms with Crippen LogP contribution in [0.2, 0.25) is 0 Å². The van der Waals surface area contributed by atoms with E-state index < -0.39 is 0 Å². The number of nitrogens with two attached hydrogens (primary N) is 1. The van der Waals surface area contributed by atoms with Crippen LogP contribution in [0, 0.1) is 0 Å². The maximum atomic E-state index is 11.4. The predicted molar refractivity (Wildman–Crippen MR) is 68.5 cm³/mol. The Hall–Kier alpha value is -1.06. The molecule has 1 aromatic rings. The van der Waals surface area contributed by atoms with Gasteiger partial charge in [-0.15, -0.1) is 12.4 Å². The molecule has 0 saturated heterocycles. The van der Waals surface area contributed by atoms with Gasteiger partial charge in [-0.1, -0.05) is 30.3 Å². The fraction of sp³-hybridized carbons (Fsp3) is 0.417. The van der Waals surface area contributed by atoms with E-state index in [1.54, 1.807) is 0 Å². The summed E-state index contributed by atoms with van der Waals surface area (Å²) >= 11 is 0. The second-order valence-electron chi connectivity index (χ2n) is 3.94. The normalized spacial score (nSPS) is 11.8. The molecule has 0 aliphatic rings. The Morgan fingerprint density at radius 2 is 1.88 bits per heavy atom. The molecule has 0 radical (unpaired) electrons. The SMILES string of the molecule is CC(C)NC(=O)CC(N)c1ccccc1.Cl. The molecule has 16 heavy (non-hydrogen) atoms. The average molecular weight is 243 g/mol. The number of hydrogen-bond donors (Lipinski definition) is 2. The van der Waals surface area contributed by atoms with E-state index in [0.717, 1.165) is 5.56 Å². The van der Waals surface area contributed by atoms with Gasteiger partial charge in [-0.25, -0.2) is 0 Å². The van der Waals surface area contributed by atoms with Crippen molar-refractivity contribution < 1.29 is 4.79 Å². The molecular formula is C12H19ClN2O. The lowest BCUT2D eigenvalue weighted by Gasteiger charge is -2.13. The summed E-state index contributed by atoms with van der Waals surface area (Å²) in [5.74, 6) is 0.00125. The van der Waals surface area contributed by atoms with E-state index >= 15 is 0 Å². The molecule has 0 aliphatic heterocycles. The van der Waals surface area contributed by atoms with E-state index in [2.05, 4.69) is 5.32 Å². The summed E-state index contributed by atoms with van der Waals surface area (Å²) in [6.45, 7) is 3.87. The van der Waals surface area contributed by atoms with Gasteiger partial charge in [0, 0.05) is 18.5 Å². The maximum Gasteiger partial charge on any atom is 0.222 e. The first-order valence-corrected chi connectivity index (χ1v) is 5.19. The second kappa shape index (κ2) is 7.25. The average Bonchev–Trinajstić information content (AvgIpc) is 2.17. The van der Waals surface area contributed by atoms with Crippen molar-refractivity contribution in [3.63, 3.8) is 0 Å². The fourth-order valence-electron chi connectivity index (χ4n) is 1.40. The minimum absolute atomic E-state index is 0. The van der Waals surface area contributed by atoms with E-state index in [-0.39, 0.29) is 30.4 Å². The highest BCUT2D eigenvalue weighted by Gasteiger charge is 2.11. The van der Waals surface area contributed by atoms with Gasteiger partial charge < -0.3 is 11.1 Å². The minimum atomic E-state index is -0.218. The first-order valence-electron chi connectivity index (χ1n) is 5.19. The van der Waals surface area contributed by atoms with Gasteiger partial charge in [-0.05, 0) is 19.4 Å². The summed E-state index contributed by atoms with van der Waals surface area (Å²) in [5.41, 5.74) is 6.91. The highest BCUT2D eigenvalue weighted by molar-refractivity contribution is 5.85. The van der Waals surface area contributed by atoms with Crippen molar-refractivity contribution in [1.82, 2.24) is 5.32 Å². The minimum Gasteiger partial charge on any atom is -0.354 e. The Morgan fingerprint density at radius 1 is 1.31 bits per heavy atom. The van der Waals surface area contributed by atoms with Crippen molar-refractivity contribution in [1.29, 1.82) is 0 Å². The molecule has 1 amide bonds. The van der Waals surface area contributed by atoms with Gasteiger partial charge in [0.25, 0.3) is 0 Å². The summed E-state index contributed by atoms with van der Waals surface area (Å²) < 4.78 is 0. The standard InChI is InChI=1S/C12H18N2O.ClH/c1-9(2)14-12(15)8-11(13)10-6-4-3-5-7-10;/h3-7,9,11H,8,13H2,1-2H3,(H,14,15);1H. The molecule has 1 atom stereocenters. The molecule has 1 aromatic carbocycles. The number of nitrogens with one attached hydrogen (secondary N) is 1. The molecule has 0 spiro atoms. The van der Waals surface area contributed by atoms with Gasteiger partial charge in [0.2, 0.25) is 5.91 Å². The van der Waals surface area contributed by atoms with Gasteiger partial charge in [0.15, 0.2) is 0 Å². The Balaban J connectivity index is 0.00000225. The largest absolute Gasteiger partial charge is 0.354 e. The summed E-state index contributed by atoms with van der Waals surface area (Å²) in [6, 6.07) is 9.61. The zero-order valence-corrected chi connectivity index (χ0v) is 10.5. The molecule has 0 bridgehead atoms. The van der Waals surface area contributed by atoms with Gasteiger partial charge in [0.05, 0.1) is 0 Å². The van der Waals surface area contributed by atoms with Crippen molar-refractivity contribution in [2.24, 2.45) is 5.73 Å². The zero-order valence-electron chi connectivity index (χ0n) is 9.64. The third kappa shape index (κ3) is 5.14. The molecule has 0 aliphatic carbocycles. The molecular weight excluding hydrogens is 224 g/mol. The van der Waals surface area contributed by atoms with Gasteiger partial charge >= 0.3 is 0 Å². The van der Waals surface area contributed by atoms with E-state index in [1.807, 2.05) is 44.2 Å². The van der Waals surface area contributed by atoms with E-state index in [1.165, 1.54) is 0 Å². The lowest BCUT2D eigenvalue weighted by molar-refractivity contribution is -0.121. The number of benzene rings is 1. The molecule has 0 aromatic heterocycles. The third-order valence-corrected chi connectivity index (χ3v) is 2.08. The molecule has 1 unspecified atom stereocenters. The highest BCUT2D eigenvalue weighted by atomic mass is 35.5. The number of rotatable bonds is 4. The molecule has 3 N–H and O–H groups in total. The van der Waals surface area contributed by atoms with Crippen molar-refractivity contribution in [2.45, 2.75) is 32.4 Å². The quantitative estimate of drug-likeness (QED) is 0.849. The van der Waals surface area contributed by atoms with Crippen molar-refractivity contribution in [3.8, 4) is 0 Å². The maximum absolute atomic E-state index is 11.4. The topological polar surface area (TPSA) is 55.1 Å². The van der Waals surface area contributed by atoms with Crippen LogP contribution in [0.25, 0.3) is 0 Å². The summed E-state index contributed by atoms with van der Waals surface area (Å²) in [6.07, 6.45) is 0.336.